The molecule has 0 amide bonds. The van der Waals surface area contributed by atoms with E-state index in [2.05, 4.69) is 34.2 Å². The van der Waals surface area contributed by atoms with Gasteiger partial charge in [0.25, 0.3) is 0 Å². The summed E-state index contributed by atoms with van der Waals surface area (Å²) in [6, 6.07) is 22.4. The molecule has 0 unspecified atom stereocenters. The fourth-order valence-corrected chi connectivity index (χ4v) is 3.16. The summed E-state index contributed by atoms with van der Waals surface area (Å²) in [5.41, 5.74) is 5.02. The lowest BCUT2D eigenvalue weighted by Crippen LogP contribution is -1.95. The number of nitrogens with zero attached hydrogens (tertiary/aromatic N) is 2. The van der Waals surface area contributed by atoms with Crippen molar-refractivity contribution in [3.8, 4) is 33.9 Å². The highest BCUT2D eigenvalue weighted by Gasteiger charge is 2.15. The van der Waals surface area contributed by atoms with E-state index in [1.807, 2.05) is 42.5 Å². The summed E-state index contributed by atoms with van der Waals surface area (Å²) in [6.45, 7) is 0. The van der Waals surface area contributed by atoms with Gasteiger partial charge in [0, 0.05) is 17.0 Å². The van der Waals surface area contributed by atoms with Gasteiger partial charge in [-0.2, -0.15) is 0 Å². The van der Waals surface area contributed by atoms with Gasteiger partial charge in [0.15, 0.2) is 11.5 Å². The monoisotopic (exact) mass is 342 g/mol. The molecule has 0 aliphatic rings. The lowest BCUT2D eigenvalue weighted by atomic mass is 9.95. The van der Waals surface area contributed by atoms with Gasteiger partial charge in [-0.1, -0.05) is 54.6 Å². The van der Waals surface area contributed by atoms with Crippen molar-refractivity contribution in [3.63, 3.8) is 0 Å². The van der Waals surface area contributed by atoms with Crippen LogP contribution in [-0.4, -0.2) is 24.2 Å². The fourth-order valence-electron chi connectivity index (χ4n) is 3.16. The first-order chi connectivity index (χ1) is 12.8. The molecule has 4 aromatic rings. The van der Waals surface area contributed by atoms with Crippen LogP contribution in [0, 0.1) is 0 Å². The zero-order chi connectivity index (χ0) is 17.9. The van der Waals surface area contributed by atoms with Gasteiger partial charge in [0.05, 0.1) is 25.4 Å². The highest BCUT2D eigenvalue weighted by atomic mass is 16.5. The summed E-state index contributed by atoms with van der Waals surface area (Å²) in [4.78, 5) is 8.99. The normalized spacial score (nSPS) is 10.7. The van der Waals surface area contributed by atoms with Crippen LogP contribution in [0.4, 0.5) is 0 Å². The first-order valence-electron chi connectivity index (χ1n) is 8.33. The smallest absolute Gasteiger partial charge is 0.162 e. The quantitative estimate of drug-likeness (QED) is 0.524. The topological polar surface area (TPSA) is 44.2 Å². The molecule has 0 aliphatic carbocycles. The summed E-state index contributed by atoms with van der Waals surface area (Å²) in [6.07, 6.45) is 1.59. The van der Waals surface area contributed by atoms with Gasteiger partial charge < -0.3 is 9.47 Å². The number of hydrogen-bond donors (Lipinski definition) is 0. The summed E-state index contributed by atoms with van der Waals surface area (Å²) < 4.78 is 10.9. The standard InChI is InChI=1S/C22H18N2O2/c1-25-20-12-18-19(13-21(20)26-2)23-14-24-22(18)17-11-7-6-10-16(17)15-8-4-3-5-9-15/h3-14H,1-2H3. The molecule has 0 spiro atoms. The van der Waals surface area contributed by atoms with Crippen LogP contribution in [0.25, 0.3) is 33.3 Å². The van der Waals surface area contributed by atoms with Gasteiger partial charge in [-0.15, -0.1) is 0 Å². The van der Waals surface area contributed by atoms with Crippen molar-refractivity contribution in [2.24, 2.45) is 0 Å². The van der Waals surface area contributed by atoms with Gasteiger partial charge in [-0.25, -0.2) is 9.97 Å². The van der Waals surface area contributed by atoms with Crippen molar-refractivity contribution in [2.75, 3.05) is 14.2 Å². The molecule has 0 saturated carbocycles. The largest absolute Gasteiger partial charge is 0.493 e. The predicted molar refractivity (Wildman–Crippen MR) is 104 cm³/mol. The molecular weight excluding hydrogens is 324 g/mol. The Balaban J connectivity index is 1.99. The van der Waals surface area contributed by atoms with Crippen LogP contribution in [-0.2, 0) is 0 Å². The van der Waals surface area contributed by atoms with Crippen molar-refractivity contribution in [1.82, 2.24) is 9.97 Å². The third-order valence-corrected chi connectivity index (χ3v) is 4.41. The molecule has 3 aromatic carbocycles. The third-order valence-electron chi connectivity index (χ3n) is 4.41. The minimum absolute atomic E-state index is 0.654. The van der Waals surface area contributed by atoms with E-state index >= 15 is 0 Å². The molecule has 0 atom stereocenters. The highest BCUT2D eigenvalue weighted by molar-refractivity contribution is 5.98. The molecule has 0 N–H and O–H groups in total. The minimum Gasteiger partial charge on any atom is -0.493 e. The summed E-state index contributed by atoms with van der Waals surface area (Å²) in [5, 5.41) is 0.925. The highest BCUT2D eigenvalue weighted by Crippen LogP contribution is 2.38. The molecule has 26 heavy (non-hydrogen) atoms. The van der Waals surface area contributed by atoms with Crippen LogP contribution in [0.2, 0.25) is 0 Å². The van der Waals surface area contributed by atoms with Crippen molar-refractivity contribution >= 4 is 10.9 Å². The molecule has 1 aromatic heterocycles. The van der Waals surface area contributed by atoms with Gasteiger partial charge in [-0.05, 0) is 17.2 Å². The lowest BCUT2D eigenvalue weighted by Gasteiger charge is -2.13. The fraction of sp³-hybridized carbons (Fsp3) is 0.0909. The van der Waals surface area contributed by atoms with E-state index in [9.17, 15) is 0 Å². The van der Waals surface area contributed by atoms with E-state index in [0.29, 0.717) is 11.5 Å². The van der Waals surface area contributed by atoms with Crippen LogP contribution < -0.4 is 9.47 Å². The van der Waals surface area contributed by atoms with Crippen molar-refractivity contribution in [3.05, 3.63) is 73.1 Å². The molecule has 4 nitrogen and oxygen atoms in total. The van der Waals surface area contributed by atoms with Crippen LogP contribution >= 0.6 is 0 Å². The van der Waals surface area contributed by atoms with E-state index in [0.717, 1.165) is 33.3 Å². The Morgan fingerprint density at radius 1 is 0.692 bits per heavy atom. The summed E-state index contributed by atoms with van der Waals surface area (Å²) in [7, 11) is 3.25. The van der Waals surface area contributed by atoms with Gasteiger partial charge in [0.2, 0.25) is 0 Å². The molecule has 0 radical (unpaired) electrons. The van der Waals surface area contributed by atoms with E-state index in [4.69, 9.17) is 9.47 Å². The van der Waals surface area contributed by atoms with Crippen molar-refractivity contribution in [2.45, 2.75) is 0 Å². The first kappa shape index (κ1) is 16.1. The van der Waals surface area contributed by atoms with Crippen LogP contribution in [0.1, 0.15) is 0 Å². The molecule has 1 heterocycles. The van der Waals surface area contributed by atoms with Gasteiger partial charge in [0.1, 0.15) is 6.33 Å². The maximum atomic E-state index is 5.47. The Morgan fingerprint density at radius 2 is 1.35 bits per heavy atom. The molecule has 0 saturated heterocycles. The number of hydrogen-bond acceptors (Lipinski definition) is 4. The Bertz CT molecular complexity index is 1060. The number of fused-ring (bicyclic) bond motifs is 1. The Kier molecular flexibility index (Phi) is 4.23. The van der Waals surface area contributed by atoms with Crippen LogP contribution in [0.3, 0.4) is 0 Å². The lowest BCUT2D eigenvalue weighted by molar-refractivity contribution is 0.356. The maximum Gasteiger partial charge on any atom is 0.162 e. The van der Waals surface area contributed by atoms with Crippen LogP contribution in [0.5, 0.6) is 11.5 Å². The summed E-state index contributed by atoms with van der Waals surface area (Å²) in [5.74, 6) is 1.31. The second kappa shape index (κ2) is 6.84. The second-order valence-corrected chi connectivity index (χ2v) is 5.86. The van der Waals surface area contributed by atoms with Crippen LogP contribution in [0.15, 0.2) is 73.1 Å². The Labute approximate surface area is 152 Å². The first-order valence-corrected chi connectivity index (χ1v) is 8.33. The number of ether oxygens (including phenoxy) is 2. The summed E-state index contributed by atoms with van der Waals surface area (Å²) >= 11 is 0. The molecule has 0 aliphatic heterocycles. The predicted octanol–water partition coefficient (Wildman–Crippen LogP) is 4.98. The molecular formula is C22H18N2O2. The zero-order valence-electron chi connectivity index (χ0n) is 14.6. The molecule has 4 rings (SSSR count). The number of methoxy groups -OCH3 is 2. The molecule has 0 fully saturated rings. The van der Waals surface area contributed by atoms with Gasteiger partial charge >= 0.3 is 0 Å². The maximum absolute atomic E-state index is 5.47. The number of aromatic nitrogens is 2. The average Bonchev–Trinajstić information content (AvgIpc) is 2.73. The minimum atomic E-state index is 0.654. The number of benzene rings is 3. The SMILES string of the molecule is COc1cc2ncnc(-c3ccccc3-c3ccccc3)c2cc1OC. The Hall–Kier alpha value is -3.40. The van der Waals surface area contributed by atoms with Crippen molar-refractivity contribution < 1.29 is 9.47 Å². The van der Waals surface area contributed by atoms with Crippen molar-refractivity contribution in [1.29, 1.82) is 0 Å². The zero-order valence-corrected chi connectivity index (χ0v) is 14.6. The molecule has 128 valence electrons. The molecule has 0 bridgehead atoms. The third kappa shape index (κ3) is 2.75. The van der Waals surface area contributed by atoms with E-state index < -0.39 is 0 Å². The van der Waals surface area contributed by atoms with E-state index in [-0.39, 0.29) is 0 Å². The molecule has 4 heteroatoms. The second-order valence-electron chi connectivity index (χ2n) is 5.86. The van der Waals surface area contributed by atoms with E-state index in [1.54, 1.807) is 20.5 Å². The van der Waals surface area contributed by atoms with Gasteiger partial charge in [-0.3, -0.25) is 0 Å². The number of rotatable bonds is 4. The van der Waals surface area contributed by atoms with E-state index in [1.165, 1.54) is 0 Å². The average molecular weight is 342 g/mol. The Morgan fingerprint density at radius 3 is 2.08 bits per heavy atom.